The number of hydrogen-bond donors (Lipinski definition) is 0. The summed E-state index contributed by atoms with van der Waals surface area (Å²) in [7, 11) is 0. The maximum Gasteiger partial charge on any atom is 0.123 e. The molecular formula is C13H26O. The third kappa shape index (κ3) is 7.11. The zero-order valence-electron chi connectivity index (χ0n) is 10.5. The average Bonchev–Trinajstić information content (AvgIpc) is 2.03. The number of carbonyl (C=O) groups excluding carboxylic acids is 1. The summed E-state index contributed by atoms with van der Waals surface area (Å²) >= 11 is 0. The van der Waals surface area contributed by atoms with Crippen LogP contribution in [0, 0.1) is 17.3 Å². The van der Waals surface area contributed by atoms with Crippen LogP contribution in [0.1, 0.15) is 60.3 Å². The highest BCUT2D eigenvalue weighted by molar-refractivity contribution is 5.53. The van der Waals surface area contributed by atoms with E-state index in [1.165, 1.54) is 12.8 Å². The van der Waals surface area contributed by atoms with E-state index in [0.29, 0.717) is 5.41 Å². The Morgan fingerprint density at radius 2 is 1.79 bits per heavy atom. The third-order valence-electron chi connectivity index (χ3n) is 2.71. The topological polar surface area (TPSA) is 17.1 Å². The molecule has 0 aliphatic rings. The molecule has 0 spiro atoms. The van der Waals surface area contributed by atoms with E-state index in [9.17, 15) is 4.79 Å². The van der Waals surface area contributed by atoms with Gasteiger partial charge in [-0.05, 0) is 30.6 Å². The van der Waals surface area contributed by atoms with Gasteiger partial charge >= 0.3 is 0 Å². The fourth-order valence-corrected chi connectivity index (χ4v) is 2.01. The first kappa shape index (κ1) is 13.7. The molecular weight excluding hydrogens is 172 g/mol. The second kappa shape index (κ2) is 6.21. The summed E-state index contributed by atoms with van der Waals surface area (Å²) in [5, 5.41) is 0. The summed E-state index contributed by atoms with van der Waals surface area (Å²) in [6, 6.07) is 0. The van der Waals surface area contributed by atoms with Gasteiger partial charge in [0.25, 0.3) is 0 Å². The summed E-state index contributed by atoms with van der Waals surface area (Å²) in [5.41, 5.74) is 0.419. The molecule has 0 aromatic heterocycles. The maximum atomic E-state index is 10.6. The van der Waals surface area contributed by atoms with Gasteiger partial charge in [-0.25, -0.2) is 0 Å². The van der Waals surface area contributed by atoms with Crippen LogP contribution in [0.25, 0.3) is 0 Å². The lowest BCUT2D eigenvalue weighted by atomic mass is 9.82. The molecule has 0 saturated heterocycles. The van der Waals surface area contributed by atoms with E-state index in [-0.39, 0.29) is 5.92 Å². The largest absolute Gasteiger partial charge is 0.303 e. The van der Waals surface area contributed by atoms with E-state index in [2.05, 4.69) is 34.6 Å². The lowest BCUT2D eigenvalue weighted by molar-refractivity contribution is -0.111. The van der Waals surface area contributed by atoms with Gasteiger partial charge < -0.3 is 4.79 Å². The van der Waals surface area contributed by atoms with Gasteiger partial charge in [0.05, 0.1) is 0 Å². The van der Waals surface area contributed by atoms with E-state index in [1.54, 1.807) is 0 Å². The Hall–Kier alpha value is -0.330. The van der Waals surface area contributed by atoms with E-state index >= 15 is 0 Å². The molecule has 0 aliphatic carbocycles. The standard InChI is InChI=1S/C13H26O/c1-6-12(10-14)8-7-11(2)9-13(3,4)5/h10-12H,6-9H2,1-5H3/t11-,12+/m0/s1. The Morgan fingerprint density at radius 3 is 2.14 bits per heavy atom. The van der Waals surface area contributed by atoms with Gasteiger partial charge in [0.2, 0.25) is 0 Å². The van der Waals surface area contributed by atoms with Gasteiger partial charge in [0, 0.05) is 5.92 Å². The minimum absolute atomic E-state index is 0.289. The first-order valence-corrected chi connectivity index (χ1v) is 5.84. The molecule has 0 aliphatic heterocycles. The first-order valence-electron chi connectivity index (χ1n) is 5.84. The molecule has 84 valence electrons. The van der Waals surface area contributed by atoms with Gasteiger partial charge in [-0.3, -0.25) is 0 Å². The number of aldehydes is 1. The van der Waals surface area contributed by atoms with Crippen LogP contribution in [0.5, 0.6) is 0 Å². The first-order chi connectivity index (χ1) is 6.39. The Kier molecular flexibility index (Phi) is 6.06. The molecule has 2 atom stereocenters. The van der Waals surface area contributed by atoms with Crippen LogP contribution in [0.4, 0.5) is 0 Å². The zero-order chi connectivity index (χ0) is 11.2. The van der Waals surface area contributed by atoms with Crippen LogP contribution in [-0.2, 0) is 4.79 Å². The molecule has 0 heterocycles. The van der Waals surface area contributed by atoms with Crippen molar-refractivity contribution in [3.05, 3.63) is 0 Å². The minimum Gasteiger partial charge on any atom is -0.303 e. The smallest absolute Gasteiger partial charge is 0.123 e. The second-order valence-corrected chi connectivity index (χ2v) is 5.75. The predicted octanol–water partition coefficient (Wildman–Crippen LogP) is 4.06. The Labute approximate surface area is 89.3 Å². The summed E-state index contributed by atoms with van der Waals surface area (Å²) in [5.74, 6) is 1.03. The highest BCUT2D eigenvalue weighted by atomic mass is 16.1. The quantitative estimate of drug-likeness (QED) is 0.588. The molecule has 0 bridgehead atoms. The molecule has 0 radical (unpaired) electrons. The van der Waals surface area contributed by atoms with Crippen molar-refractivity contribution in [2.75, 3.05) is 0 Å². The van der Waals surface area contributed by atoms with Crippen molar-refractivity contribution < 1.29 is 4.79 Å². The van der Waals surface area contributed by atoms with Crippen molar-refractivity contribution in [3.8, 4) is 0 Å². The lowest BCUT2D eigenvalue weighted by Crippen LogP contribution is -2.12. The van der Waals surface area contributed by atoms with Crippen molar-refractivity contribution in [1.29, 1.82) is 0 Å². The van der Waals surface area contributed by atoms with Gasteiger partial charge in [-0.2, -0.15) is 0 Å². The van der Waals surface area contributed by atoms with Crippen LogP contribution in [0.3, 0.4) is 0 Å². The van der Waals surface area contributed by atoms with Crippen LogP contribution < -0.4 is 0 Å². The predicted molar refractivity (Wildman–Crippen MR) is 62.3 cm³/mol. The fraction of sp³-hybridized carbons (Fsp3) is 0.923. The molecule has 0 unspecified atom stereocenters. The molecule has 1 nitrogen and oxygen atoms in total. The SMILES string of the molecule is CC[C@@H](C=O)CC[C@H](C)CC(C)(C)C. The van der Waals surface area contributed by atoms with E-state index in [4.69, 9.17) is 0 Å². The third-order valence-corrected chi connectivity index (χ3v) is 2.71. The van der Waals surface area contributed by atoms with E-state index < -0.39 is 0 Å². The van der Waals surface area contributed by atoms with E-state index in [0.717, 1.165) is 25.0 Å². The molecule has 0 rings (SSSR count). The molecule has 0 aromatic carbocycles. The van der Waals surface area contributed by atoms with Crippen LogP contribution >= 0.6 is 0 Å². The fourth-order valence-electron chi connectivity index (χ4n) is 2.01. The Bertz CT molecular complexity index is 155. The highest BCUT2D eigenvalue weighted by Gasteiger charge is 2.16. The van der Waals surface area contributed by atoms with Crippen molar-refractivity contribution in [1.82, 2.24) is 0 Å². The van der Waals surface area contributed by atoms with Gasteiger partial charge in [-0.1, -0.05) is 41.0 Å². The summed E-state index contributed by atoms with van der Waals surface area (Å²) in [6.07, 6.45) is 5.61. The normalized spacial score (nSPS) is 16.4. The number of hydrogen-bond acceptors (Lipinski definition) is 1. The second-order valence-electron chi connectivity index (χ2n) is 5.75. The monoisotopic (exact) mass is 198 g/mol. The summed E-state index contributed by atoms with van der Waals surface area (Å²) in [4.78, 5) is 10.6. The van der Waals surface area contributed by atoms with Crippen LogP contribution in [-0.4, -0.2) is 6.29 Å². The molecule has 0 saturated carbocycles. The van der Waals surface area contributed by atoms with Crippen molar-refractivity contribution in [2.24, 2.45) is 17.3 Å². The number of rotatable bonds is 6. The van der Waals surface area contributed by atoms with Gasteiger partial charge in [0.1, 0.15) is 6.29 Å². The molecule has 14 heavy (non-hydrogen) atoms. The highest BCUT2D eigenvalue weighted by Crippen LogP contribution is 2.27. The van der Waals surface area contributed by atoms with E-state index in [1.807, 2.05) is 0 Å². The summed E-state index contributed by atoms with van der Waals surface area (Å²) < 4.78 is 0. The molecule has 0 fully saturated rings. The van der Waals surface area contributed by atoms with Crippen molar-refractivity contribution >= 4 is 6.29 Å². The Balaban J connectivity index is 3.73. The van der Waals surface area contributed by atoms with Crippen LogP contribution in [0.2, 0.25) is 0 Å². The average molecular weight is 198 g/mol. The molecule has 0 N–H and O–H groups in total. The number of carbonyl (C=O) groups is 1. The zero-order valence-corrected chi connectivity index (χ0v) is 10.5. The van der Waals surface area contributed by atoms with Crippen molar-refractivity contribution in [2.45, 2.75) is 60.3 Å². The maximum absolute atomic E-state index is 10.6. The van der Waals surface area contributed by atoms with Gasteiger partial charge in [-0.15, -0.1) is 0 Å². The van der Waals surface area contributed by atoms with Crippen molar-refractivity contribution in [3.63, 3.8) is 0 Å². The van der Waals surface area contributed by atoms with Crippen LogP contribution in [0.15, 0.2) is 0 Å². The summed E-state index contributed by atoms with van der Waals surface area (Å²) in [6.45, 7) is 11.2. The van der Waals surface area contributed by atoms with Gasteiger partial charge in [0.15, 0.2) is 0 Å². The Morgan fingerprint density at radius 1 is 1.21 bits per heavy atom. The molecule has 0 aromatic rings. The minimum atomic E-state index is 0.289. The molecule has 0 amide bonds. The molecule has 1 heteroatoms. The lowest BCUT2D eigenvalue weighted by Gasteiger charge is -2.23.